The molecule has 3 aromatic rings. The highest BCUT2D eigenvalue weighted by atomic mass is 32.2. The number of halogens is 2. The Morgan fingerprint density at radius 3 is 2.56 bits per heavy atom. The molecule has 0 unspecified atom stereocenters. The first kappa shape index (κ1) is 24.9. The van der Waals surface area contributed by atoms with Crippen LogP contribution in [0.3, 0.4) is 0 Å². The van der Waals surface area contributed by atoms with Gasteiger partial charge in [-0.2, -0.15) is 5.26 Å². The van der Waals surface area contributed by atoms with Gasteiger partial charge in [0.1, 0.15) is 29.9 Å². The molecule has 11 heteroatoms. The largest absolute Gasteiger partial charge is 0.444 e. The number of carbonyl (C=O) groups excluding carboxylic acids is 1. The molecule has 2 heterocycles. The number of pyridine rings is 1. The van der Waals surface area contributed by atoms with Crippen LogP contribution in [0.1, 0.15) is 32.0 Å². The molecule has 1 amide bonds. The van der Waals surface area contributed by atoms with Crippen LogP contribution in [0.15, 0.2) is 53.7 Å². The number of rotatable bonds is 5. The van der Waals surface area contributed by atoms with Crippen LogP contribution >= 0.6 is 0 Å². The van der Waals surface area contributed by atoms with Gasteiger partial charge in [0.15, 0.2) is 5.82 Å². The first-order chi connectivity index (χ1) is 15.9. The fourth-order valence-corrected chi connectivity index (χ4v) is 4.40. The Labute approximate surface area is 196 Å². The monoisotopic (exact) mass is 488 g/mol. The maximum Gasteiger partial charge on any atom is 0.410 e. The van der Waals surface area contributed by atoms with E-state index >= 15 is 4.39 Å². The summed E-state index contributed by atoms with van der Waals surface area (Å²) in [5.41, 5.74) is -1.61. The van der Waals surface area contributed by atoms with Crippen LogP contribution in [0.2, 0.25) is 0 Å². The molecule has 0 bridgehead atoms. The number of ether oxygens (including phenoxy) is 1. The average Bonchev–Trinajstić information content (AvgIpc) is 3.12. The molecule has 178 valence electrons. The zero-order chi connectivity index (χ0) is 25.3. The molecule has 0 aliphatic rings. The minimum atomic E-state index is -4.50. The summed E-state index contributed by atoms with van der Waals surface area (Å²) in [6.07, 6.45) is 1.51. The number of carbonyl (C=O) groups is 1. The maximum atomic E-state index is 15.6. The lowest BCUT2D eigenvalue weighted by Gasteiger charge is -2.30. The molecule has 0 spiro atoms. The molecular weight excluding hydrogens is 466 g/mol. The molecule has 1 aromatic carbocycles. The number of amides is 1. The standard InChI is InChI=1S/C23H22F2N4O4S/c1-23(2,3)28(4)22(30)33-14-15-13-29(34(31,32)17-8-5-7-16(24)11-17)21(20(15)25)18-9-6-10-27-19(18)12-26/h5-11,13H,14H2,1-4H3. The fraction of sp³-hybridized carbons (Fsp3) is 0.261. The van der Waals surface area contributed by atoms with E-state index in [2.05, 4.69) is 4.98 Å². The quantitative estimate of drug-likeness (QED) is 0.530. The minimum absolute atomic E-state index is 0.0909. The summed E-state index contributed by atoms with van der Waals surface area (Å²) < 4.78 is 61.8. The summed E-state index contributed by atoms with van der Waals surface area (Å²) >= 11 is 0. The first-order valence-corrected chi connectivity index (χ1v) is 11.5. The molecule has 3 rings (SSSR count). The van der Waals surface area contributed by atoms with Crippen LogP contribution in [0.4, 0.5) is 13.6 Å². The third kappa shape index (κ3) is 4.77. The van der Waals surface area contributed by atoms with Gasteiger partial charge in [-0.05, 0) is 51.1 Å². The topological polar surface area (TPSA) is 105 Å². The molecular formula is C23H22F2N4O4S. The lowest BCUT2D eigenvalue weighted by molar-refractivity contribution is 0.0753. The number of hydrogen-bond acceptors (Lipinski definition) is 6. The van der Waals surface area contributed by atoms with E-state index in [9.17, 15) is 22.9 Å². The normalized spacial score (nSPS) is 11.7. The SMILES string of the molecule is CN(C(=O)OCc1cn(S(=O)(=O)c2cccc(F)c2)c(-c2cccnc2C#N)c1F)C(C)(C)C. The van der Waals surface area contributed by atoms with Crippen LogP contribution in [-0.4, -0.2) is 41.0 Å². The van der Waals surface area contributed by atoms with Crippen LogP contribution in [0.5, 0.6) is 0 Å². The van der Waals surface area contributed by atoms with Crippen molar-refractivity contribution < 1.29 is 26.7 Å². The van der Waals surface area contributed by atoms with Gasteiger partial charge < -0.3 is 9.64 Å². The van der Waals surface area contributed by atoms with Gasteiger partial charge in [-0.1, -0.05) is 6.07 Å². The van der Waals surface area contributed by atoms with E-state index in [4.69, 9.17) is 4.74 Å². The predicted octanol–water partition coefficient (Wildman–Crippen LogP) is 4.30. The van der Waals surface area contributed by atoms with E-state index in [1.807, 2.05) is 0 Å². The molecule has 0 atom stereocenters. The highest BCUT2D eigenvalue weighted by molar-refractivity contribution is 7.90. The molecule has 34 heavy (non-hydrogen) atoms. The molecule has 0 saturated heterocycles. The van der Waals surface area contributed by atoms with Crippen LogP contribution in [0.25, 0.3) is 11.3 Å². The Bertz CT molecular complexity index is 1390. The fourth-order valence-electron chi connectivity index (χ4n) is 2.98. The van der Waals surface area contributed by atoms with Crippen LogP contribution in [-0.2, 0) is 21.4 Å². The summed E-state index contributed by atoms with van der Waals surface area (Å²) in [6, 6.07) is 8.79. The molecule has 0 radical (unpaired) electrons. The second-order valence-corrected chi connectivity index (χ2v) is 10.2. The molecule has 0 aliphatic heterocycles. The van der Waals surface area contributed by atoms with Gasteiger partial charge in [0.05, 0.1) is 4.90 Å². The van der Waals surface area contributed by atoms with Crippen molar-refractivity contribution in [2.45, 2.75) is 37.8 Å². The number of nitrogens with zero attached hydrogens (tertiary/aromatic N) is 4. The van der Waals surface area contributed by atoms with Crippen molar-refractivity contribution in [3.8, 4) is 17.3 Å². The Hall–Kier alpha value is -3.78. The second-order valence-electron chi connectivity index (χ2n) is 8.37. The zero-order valence-electron chi connectivity index (χ0n) is 18.9. The van der Waals surface area contributed by atoms with Crippen molar-refractivity contribution in [2.24, 2.45) is 0 Å². The lowest BCUT2D eigenvalue weighted by Crippen LogP contribution is -2.42. The van der Waals surface area contributed by atoms with E-state index < -0.39 is 50.5 Å². The summed E-state index contributed by atoms with van der Waals surface area (Å²) in [6.45, 7) is 4.76. The molecule has 2 aromatic heterocycles. The summed E-state index contributed by atoms with van der Waals surface area (Å²) in [4.78, 5) is 17.1. The Kier molecular flexibility index (Phi) is 6.74. The van der Waals surface area contributed by atoms with E-state index in [0.29, 0.717) is 3.97 Å². The predicted molar refractivity (Wildman–Crippen MR) is 119 cm³/mol. The summed E-state index contributed by atoms with van der Waals surface area (Å²) in [5.74, 6) is -1.82. The smallest absolute Gasteiger partial charge is 0.410 e. The Morgan fingerprint density at radius 1 is 1.24 bits per heavy atom. The summed E-state index contributed by atoms with van der Waals surface area (Å²) in [5, 5.41) is 9.42. The van der Waals surface area contributed by atoms with Gasteiger partial charge in [-0.25, -0.2) is 30.9 Å². The van der Waals surface area contributed by atoms with E-state index in [1.54, 1.807) is 26.8 Å². The second kappa shape index (κ2) is 9.23. The van der Waals surface area contributed by atoms with Crippen molar-refractivity contribution in [2.75, 3.05) is 7.05 Å². The van der Waals surface area contributed by atoms with Crippen molar-refractivity contribution >= 4 is 16.1 Å². The van der Waals surface area contributed by atoms with Gasteiger partial charge in [-0.15, -0.1) is 0 Å². The van der Waals surface area contributed by atoms with Crippen molar-refractivity contribution in [1.29, 1.82) is 5.26 Å². The number of hydrogen-bond donors (Lipinski definition) is 0. The van der Waals surface area contributed by atoms with Crippen LogP contribution < -0.4 is 0 Å². The van der Waals surface area contributed by atoms with E-state index in [0.717, 1.165) is 24.4 Å². The minimum Gasteiger partial charge on any atom is -0.444 e. The third-order valence-electron chi connectivity index (χ3n) is 5.14. The zero-order valence-corrected chi connectivity index (χ0v) is 19.7. The molecule has 0 fully saturated rings. The van der Waals surface area contributed by atoms with Crippen molar-refractivity contribution in [1.82, 2.24) is 13.9 Å². The van der Waals surface area contributed by atoms with Gasteiger partial charge in [-0.3, -0.25) is 0 Å². The van der Waals surface area contributed by atoms with E-state index in [1.165, 1.54) is 36.3 Å². The molecule has 0 aliphatic carbocycles. The maximum absolute atomic E-state index is 15.6. The number of aromatic nitrogens is 2. The molecule has 0 saturated carbocycles. The van der Waals surface area contributed by atoms with E-state index in [-0.39, 0.29) is 16.8 Å². The number of nitriles is 1. The van der Waals surface area contributed by atoms with Gasteiger partial charge >= 0.3 is 6.09 Å². The third-order valence-corrected chi connectivity index (χ3v) is 6.79. The van der Waals surface area contributed by atoms with Gasteiger partial charge in [0.2, 0.25) is 0 Å². The van der Waals surface area contributed by atoms with Crippen molar-refractivity contribution in [3.63, 3.8) is 0 Å². The average molecular weight is 489 g/mol. The molecule has 8 nitrogen and oxygen atoms in total. The number of benzene rings is 1. The van der Waals surface area contributed by atoms with Crippen LogP contribution in [0, 0.1) is 23.0 Å². The Balaban J connectivity index is 2.15. The summed E-state index contributed by atoms with van der Waals surface area (Å²) in [7, 11) is -2.98. The van der Waals surface area contributed by atoms with Crippen molar-refractivity contribution in [3.05, 3.63) is 71.7 Å². The lowest BCUT2D eigenvalue weighted by atomic mass is 10.1. The molecule has 0 N–H and O–H groups in total. The Morgan fingerprint density at radius 2 is 1.94 bits per heavy atom. The van der Waals surface area contributed by atoms with Gasteiger partial charge in [0.25, 0.3) is 10.0 Å². The van der Waals surface area contributed by atoms with Gasteiger partial charge in [0, 0.05) is 36.1 Å². The highest BCUT2D eigenvalue weighted by Gasteiger charge is 2.30. The highest BCUT2D eigenvalue weighted by Crippen LogP contribution is 2.32. The first-order valence-electron chi connectivity index (χ1n) is 10.0.